The molecule has 1 aliphatic rings. The van der Waals surface area contributed by atoms with E-state index in [0.717, 1.165) is 29.8 Å². The molecule has 1 saturated heterocycles. The van der Waals surface area contributed by atoms with Crippen LogP contribution < -0.4 is 9.64 Å². The van der Waals surface area contributed by atoms with Crippen molar-refractivity contribution >= 4 is 11.6 Å². The quantitative estimate of drug-likeness (QED) is 0.658. The normalized spacial score (nSPS) is 16.1. The van der Waals surface area contributed by atoms with Crippen molar-refractivity contribution in [3.8, 4) is 17.1 Å². The maximum atomic E-state index is 13.1. The lowest BCUT2D eigenvalue weighted by Crippen LogP contribution is -2.30. The Labute approximate surface area is 169 Å². The van der Waals surface area contributed by atoms with Crippen molar-refractivity contribution in [2.45, 2.75) is 18.9 Å². The molecule has 1 aromatic heterocycles. The smallest absolute Gasteiger partial charge is 0.254 e. The van der Waals surface area contributed by atoms with Crippen LogP contribution in [0.4, 0.5) is 5.69 Å². The first-order chi connectivity index (χ1) is 14.1. The molecule has 0 saturated carbocycles. The van der Waals surface area contributed by atoms with Gasteiger partial charge in [-0.2, -0.15) is 4.98 Å². The summed E-state index contributed by atoms with van der Waals surface area (Å²) in [5.74, 6) is 1.75. The monoisotopic (exact) mass is 392 g/mol. The maximum Gasteiger partial charge on any atom is 0.254 e. The third-order valence-electron chi connectivity index (χ3n) is 5.22. The summed E-state index contributed by atoms with van der Waals surface area (Å²) in [6.07, 6.45) is 1.72. The Morgan fingerprint density at radius 3 is 2.52 bits per heavy atom. The number of carbonyl (C=O) groups is 1. The zero-order chi connectivity index (χ0) is 20.4. The summed E-state index contributed by atoms with van der Waals surface area (Å²) in [4.78, 5) is 21.5. The van der Waals surface area contributed by atoms with Gasteiger partial charge in [0.2, 0.25) is 11.7 Å². The summed E-state index contributed by atoms with van der Waals surface area (Å²) in [7, 11) is 5.58. The minimum Gasteiger partial charge on any atom is -0.497 e. The highest BCUT2D eigenvalue weighted by Crippen LogP contribution is 2.33. The van der Waals surface area contributed by atoms with Crippen LogP contribution in [0, 0.1) is 0 Å². The van der Waals surface area contributed by atoms with Gasteiger partial charge in [0.25, 0.3) is 5.91 Å². The van der Waals surface area contributed by atoms with Gasteiger partial charge >= 0.3 is 0 Å². The number of aromatic nitrogens is 2. The van der Waals surface area contributed by atoms with E-state index in [9.17, 15) is 4.79 Å². The zero-order valence-corrected chi connectivity index (χ0v) is 16.8. The number of ether oxygens (including phenoxy) is 1. The Bertz CT molecular complexity index is 980. The maximum absolute atomic E-state index is 13.1. The van der Waals surface area contributed by atoms with Crippen LogP contribution in [0.15, 0.2) is 53.1 Å². The summed E-state index contributed by atoms with van der Waals surface area (Å²) >= 11 is 0. The van der Waals surface area contributed by atoms with Crippen molar-refractivity contribution in [2.75, 3.05) is 32.6 Å². The van der Waals surface area contributed by atoms with Gasteiger partial charge in [0, 0.05) is 37.5 Å². The molecule has 1 atom stereocenters. The number of anilines is 1. The standard InChI is InChI=1S/C22H24N4O3/c1-25(2)17-10-6-16(7-11-17)22(27)26-14-4-5-19(26)21-23-20(24-29-21)15-8-12-18(28-3)13-9-15/h6-13,19H,4-5,14H2,1-3H3. The highest BCUT2D eigenvalue weighted by atomic mass is 16.5. The second kappa shape index (κ2) is 7.95. The van der Waals surface area contributed by atoms with Crippen LogP contribution in [-0.4, -0.2) is 48.7 Å². The second-order valence-electron chi connectivity index (χ2n) is 7.28. The Hall–Kier alpha value is -3.35. The third-order valence-corrected chi connectivity index (χ3v) is 5.22. The van der Waals surface area contributed by atoms with Crippen LogP contribution in [0.5, 0.6) is 5.75 Å². The predicted octanol–water partition coefficient (Wildman–Crippen LogP) is 3.79. The molecule has 0 spiro atoms. The minimum absolute atomic E-state index is 0.0120. The molecule has 1 aliphatic heterocycles. The lowest BCUT2D eigenvalue weighted by Gasteiger charge is -2.22. The number of likely N-dealkylation sites (tertiary alicyclic amines) is 1. The lowest BCUT2D eigenvalue weighted by atomic mass is 10.1. The number of hydrogen-bond acceptors (Lipinski definition) is 6. The van der Waals surface area contributed by atoms with E-state index in [1.165, 1.54) is 0 Å². The Kier molecular flexibility index (Phi) is 5.20. The van der Waals surface area contributed by atoms with Crippen LogP contribution in [0.25, 0.3) is 11.4 Å². The van der Waals surface area contributed by atoms with Crippen molar-refractivity contribution in [1.29, 1.82) is 0 Å². The molecule has 3 aromatic rings. The van der Waals surface area contributed by atoms with Crippen molar-refractivity contribution < 1.29 is 14.1 Å². The molecule has 150 valence electrons. The van der Waals surface area contributed by atoms with Gasteiger partial charge in [-0.05, 0) is 61.4 Å². The lowest BCUT2D eigenvalue weighted by molar-refractivity contribution is 0.0710. The van der Waals surface area contributed by atoms with Crippen molar-refractivity contribution in [3.05, 3.63) is 60.0 Å². The summed E-state index contributed by atoms with van der Waals surface area (Å²) < 4.78 is 10.7. The highest BCUT2D eigenvalue weighted by molar-refractivity contribution is 5.95. The van der Waals surface area contributed by atoms with E-state index in [0.29, 0.717) is 23.8 Å². The zero-order valence-electron chi connectivity index (χ0n) is 16.8. The molecule has 7 heteroatoms. The molecule has 1 unspecified atom stereocenters. The average molecular weight is 392 g/mol. The molecule has 4 rings (SSSR count). The molecule has 2 aromatic carbocycles. The predicted molar refractivity (Wildman–Crippen MR) is 110 cm³/mol. The molecular formula is C22H24N4O3. The van der Waals surface area contributed by atoms with Gasteiger partial charge in [0.1, 0.15) is 11.8 Å². The molecule has 1 fully saturated rings. The van der Waals surface area contributed by atoms with Crippen LogP contribution >= 0.6 is 0 Å². The number of nitrogens with zero attached hydrogens (tertiary/aromatic N) is 4. The highest BCUT2D eigenvalue weighted by Gasteiger charge is 2.34. The number of methoxy groups -OCH3 is 1. The molecule has 2 heterocycles. The van der Waals surface area contributed by atoms with E-state index in [-0.39, 0.29) is 11.9 Å². The number of carbonyl (C=O) groups excluding carboxylic acids is 1. The summed E-state index contributed by atoms with van der Waals surface area (Å²) in [6, 6.07) is 14.9. The fourth-order valence-corrected chi connectivity index (χ4v) is 3.56. The Morgan fingerprint density at radius 2 is 1.86 bits per heavy atom. The Morgan fingerprint density at radius 1 is 1.14 bits per heavy atom. The van der Waals surface area contributed by atoms with Gasteiger partial charge in [-0.3, -0.25) is 4.79 Å². The molecule has 0 bridgehead atoms. The van der Waals surface area contributed by atoms with Gasteiger partial charge < -0.3 is 19.1 Å². The van der Waals surface area contributed by atoms with E-state index in [1.54, 1.807) is 7.11 Å². The summed E-state index contributed by atoms with van der Waals surface area (Å²) in [6.45, 7) is 0.680. The van der Waals surface area contributed by atoms with E-state index in [4.69, 9.17) is 9.26 Å². The number of amides is 1. The molecule has 7 nitrogen and oxygen atoms in total. The number of rotatable bonds is 5. The first-order valence-corrected chi connectivity index (χ1v) is 9.63. The topological polar surface area (TPSA) is 71.7 Å². The van der Waals surface area contributed by atoms with Crippen molar-refractivity contribution in [1.82, 2.24) is 15.0 Å². The van der Waals surface area contributed by atoms with Crippen LogP contribution in [0.2, 0.25) is 0 Å². The van der Waals surface area contributed by atoms with Crippen molar-refractivity contribution in [3.63, 3.8) is 0 Å². The largest absolute Gasteiger partial charge is 0.497 e. The van der Waals surface area contributed by atoms with E-state index in [1.807, 2.05) is 72.4 Å². The molecule has 0 radical (unpaired) electrons. The fourth-order valence-electron chi connectivity index (χ4n) is 3.56. The average Bonchev–Trinajstić information content (AvgIpc) is 3.43. The first kappa shape index (κ1) is 19.0. The van der Waals surface area contributed by atoms with Gasteiger partial charge in [-0.1, -0.05) is 5.16 Å². The summed E-state index contributed by atoms with van der Waals surface area (Å²) in [5, 5.41) is 4.11. The summed E-state index contributed by atoms with van der Waals surface area (Å²) in [5.41, 5.74) is 2.56. The number of benzene rings is 2. The molecular weight excluding hydrogens is 368 g/mol. The SMILES string of the molecule is COc1ccc(-c2noc(C3CCCN3C(=O)c3ccc(N(C)C)cc3)n2)cc1. The fraction of sp³-hybridized carbons (Fsp3) is 0.318. The molecule has 1 amide bonds. The van der Waals surface area contributed by atoms with E-state index >= 15 is 0 Å². The van der Waals surface area contributed by atoms with Crippen LogP contribution in [-0.2, 0) is 0 Å². The Balaban J connectivity index is 1.53. The first-order valence-electron chi connectivity index (χ1n) is 9.63. The minimum atomic E-state index is -0.199. The van der Waals surface area contributed by atoms with Crippen molar-refractivity contribution in [2.24, 2.45) is 0 Å². The van der Waals surface area contributed by atoms with E-state index in [2.05, 4.69) is 10.1 Å². The molecule has 29 heavy (non-hydrogen) atoms. The third kappa shape index (κ3) is 3.81. The molecule has 0 N–H and O–H groups in total. The van der Waals surface area contributed by atoms with Crippen LogP contribution in [0.3, 0.4) is 0 Å². The van der Waals surface area contributed by atoms with E-state index < -0.39 is 0 Å². The second-order valence-corrected chi connectivity index (χ2v) is 7.28. The van der Waals surface area contributed by atoms with Crippen LogP contribution in [0.1, 0.15) is 35.1 Å². The molecule has 0 aliphatic carbocycles. The van der Waals surface area contributed by atoms with Gasteiger partial charge in [-0.25, -0.2) is 0 Å². The van der Waals surface area contributed by atoms with Gasteiger partial charge in [0.15, 0.2) is 0 Å². The number of hydrogen-bond donors (Lipinski definition) is 0. The van der Waals surface area contributed by atoms with Gasteiger partial charge in [0.05, 0.1) is 7.11 Å². The van der Waals surface area contributed by atoms with Gasteiger partial charge in [-0.15, -0.1) is 0 Å².